The van der Waals surface area contributed by atoms with Gasteiger partial charge < -0.3 is 10.4 Å². The van der Waals surface area contributed by atoms with Gasteiger partial charge in [-0.05, 0) is 60.5 Å². The van der Waals surface area contributed by atoms with Crippen molar-refractivity contribution in [2.75, 3.05) is 5.32 Å². The fraction of sp³-hybridized carbons (Fsp3) is 0.316. The van der Waals surface area contributed by atoms with Crippen molar-refractivity contribution in [2.24, 2.45) is 0 Å². The predicted octanol–water partition coefficient (Wildman–Crippen LogP) is 4.98. The van der Waals surface area contributed by atoms with E-state index in [9.17, 15) is 4.79 Å². The number of aryl methyl sites for hydroxylation is 2. The van der Waals surface area contributed by atoms with Crippen LogP contribution < -0.4 is 5.32 Å². The molecule has 0 fully saturated rings. The van der Waals surface area contributed by atoms with Gasteiger partial charge in [0.25, 0.3) is 0 Å². The minimum absolute atomic E-state index is 0.0158. The Hall–Kier alpha value is -2.18. The molecule has 1 aliphatic carbocycles. The lowest BCUT2D eigenvalue weighted by Crippen LogP contribution is -2.01. The molecule has 2 heterocycles. The van der Waals surface area contributed by atoms with Crippen LogP contribution in [0.3, 0.4) is 0 Å². The third kappa shape index (κ3) is 3.52. The maximum atomic E-state index is 10.8. The molecule has 1 aromatic carbocycles. The van der Waals surface area contributed by atoms with Crippen LogP contribution in [0.5, 0.6) is 0 Å². The number of hydrogen-bond donors (Lipinski definition) is 2. The molecule has 5 nitrogen and oxygen atoms in total. The fourth-order valence-corrected chi connectivity index (χ4v) is 4.90. The van der Waals surface area contributed by atoms with E-state index in [1.165, 1.54) is 29.7 Å². The molecule has 4 rings (SSSR count). The van der Waals surface area contributed by atoms with E-state index < -0.39 is 5.97 Å². The van der Waals surface area contributed by atoms with Gasteiger partial charge in [0, 0.05) is 10.6 Å². The Morgan fingerprint density at radius 1 is 1.15 bits per heavy atom. The molecule has 1 aliphatic rings. The second-order valence-corrected chi connectivity index (χ2v) is 7.90. The van der Waals surface area contributed by atoms with Gasteiger partial charge in [-0.1, -0.05) is 18.6 Å². The van der Waals surface area contributed by atoms with Gasteiger partial charge in [0.15, 0.2) is 0 Å². The number of nitrogens with one attached hydrogen (secondary N) is 1. The highest BCUT2D eigenvalue weighted by Gasteiger charge is 2.20. The van der Waals surface area contributed by atoms with Crippen molar-refractivity contribution in [1.82, 2.24) is 9.97 Å². The summed E-state index contributed by atoms with van der Waals surface area (Å²) in [7, 11) is 0. The summed E-state index contributed by atoms with van der Waals surface area (Å²) in [6.45, 7) is 0. The zero-order valence-corrected chi connectivity index (χ0v) is 15.7. The van der Waals surface area contributed by atoms with Gasteiger partial charge in [-0.2, -0.15) is 4.98 Å². The molecule has 26 heavy (non-hydrogen) atoms. The van der Waals surface area contributed by atoms with Gasteiger partial charge in [0.2, 0.25) is 5.28 Å². The van der Waals surface area contributed by atoms with Crippen molar-refractivity contribution in [3.05, 3.63) is 45.6 Å². The summed E-state index contributed by atoms with van der Waals surface area (Å²) in [5, 5.41) is 13.5. The van der Waals surface area contributed by atoms with E-state index in [2.05, 4.69) is 15.3 Å². The number of carboxylic acid groups (broad SMARTS) is 1. The van der Waals surface area contributed by atoms with Gasteiger partial charge in [-0.15, -0.1) is 11.3 Å². The number of aliphatic carboxylic acids is 1. The quantitative estimate of drug-likeness (QED) is 0.487. The molecule has 2 aromatic heterocycles. The van der Waals surface area contributed by atoms with Crippen molar-refractivity contribution in [2.45, 2.75) is 38.5 Å². The molecule has 3 aromatic rings. The van der Waals surface area contributed by atoms with Gasteiger partial charge in [-0.3, -0.25) is 4.79 Å². The lowest BCUT2D eigenvalue weighted by atomic mass is 10.1. The molecule has 7 heteroatoms. The molecule has 0 radical (unpaired) electrons. The molecule has 0 saturated heterocycles. The number of fused-ring (bicyclic) bond motifs is 3. The summed E-state index contributed by atoms with van der Waals surface area (Å²) in [5.74, 6) is -0.110. The monoisotopic (exact) mass is 387 g/mol. The predicted molar refractivity (Wildman–Crippen MR) is 105 cm³/mol. The van der Waals surface area contributed by atoms with Gasteiger partial charge in [-0.25, -0.2) is 4.98 Å². The number of benzene rings is 1. The van der Waals surface area contributed by atoms with Crippen LogP contribution in [0.15, 0.2) is 24.3 Å². The molecule has 134 valence electrons. The van der Waals surface area contributed by atoms with Crippen LogP contribution in [-0.4, -0.2) is 21.0 Å². The number of aromatic nitrogens is 2. The largest absolute Gasteiger partial charge is 0.481 e. The number of rotatable bonds is 4. The molecular formula is C19H18ClN3O2S. The average molecular weight is 388 g/mol. The second-order valence-electron chi connectivity index (χ2n) is 6.48. The lowest BCUT2D eigenvalue weighted by Gasteiger charge is -2.09. The molecule has 0 bridgehead atoms. The minimum Gasteiger partial charge on any atom is -0.481 e. The fourth-order valence-electron chi connectivity index (χ4n) is 3.42. The topological polar surface area (TPSA) is 75.1 Å². The molecule has 0 unspecified atom stereocenters. The Kier molecular flexibility index (Phi) is 4.78. The summed E-state index contributed by atoms with van der Waals surface area (Å²) in [6, 6.07) is 7.35. The number of hydrogen-bond acceptors (Lipinski definition) is 5. The smallest absolute Gasteiger partial charge is 0.307 e. The second kappa shape index (κ2) is 7.21. The number of thiophene rings is 1. The van der Waals surface area contributed by atoms with Crippen molar-refractivity contribution >= 4 is 50.6 Å². The van der Waals surface area contributed by atoms with E-state index in [0.717, 1.165) is 40.1 Å². The molecule has 0 saturated carbocycles. The van der Waals surface area contributed by atoms with E-state index in [1.807, 2.05) is 24.3 Å². The molecule has 0 amide bonds. The minimum atomic E-state index is -0.837. The maximum absolute atomic E-state index is 10.8. The van der Waals surface area contributed by atoms with Crippen LogP contribution in [0.1, 0.15) is 35.3 Å². The van der Waals surface area contributed by atoms with Crippen molar-refractivity contribution in [3.63, 3.8) is 0 Å². The van der Waals surface area contributed by atoms with E-state index in [1.54, 1.807) is 11.3 Å². The Balaban J connectivity index is 1.71. The highest BCUT2D eigenvalue weighted by atomic mass is 35.5. The zero-order valence-electron chi connectivity index (χ0n) is 14.1. The number of nitrogens with zero attached hydrogens (tertiary/aromatic N) is 2. The molecule has 0 atom stereocenters. The van der Waals surface area contributed by atoms with Crippen molar-refractivity contribution in [1.29, 1.82) is 0 Å². The SMILES string of the molecule is O=C(O)Cc1ccc(Nc2nc(Cl)nc3sc4c(c23)CCCCC4)cc1. The van der Waals surface area contributed by atoms with Crippen LogP contribution >= 0.6 is 22.9 Å². The summed E-state index contributed by atoms with van der Waals surface area (Å²) in [5.41, 5.74) is 2.96. The third-order valence-electron chi connectivity index (χ3n) is 4.61. The molecule has 0 aliphatic heterocycles. The summed E-state index contributed by atoms with van der Waals surface area (Å²) < 4.78 is 0. The Morgan fingerprint density at radius 2 is 1.92 bits per heavy atom. The highest BCUT2D eigenvalue weighted by Crippen LogP contribution is 2.39. The number of halogens is 1. The van der Waals surface area contributed by atoms with Crippen LogP contribution in [0.25, 0.3) is 10.2 Å². The zero-order chi connectivity index (χ0) is 18.1. The first-order chi connectivity index (χ1) is 12.6. The summed E-state index contributed by atoms with van der Waals surface area (Å²) >= 11 is 7.87. The first-order valence-corrected chi connectivity index (χ1v) is 9.85. The van der Waals surface area contributed by atoms with Crippen LogP contribution in [0.2, 0.25) is 5.28 Å². The summed E-state index contributed by atoms with van der Waals surface area (Å²) in [4.78, 5) is 22.0. The number of carboxylic acids is 1. The number of anilines is 2. The molecule has 2 N–H and O–H groups in total. The highest BCUT2D eigenvalue weighted by molar-refractivity contribution is 7.19. The number of carbonyl (C=O) groups is 1. The van der Waals surface area contributed by atoms with Gasteiger partial charge in [0.1, 0.15) is 10.6 Å². The van der Waals surface area contributed by atoms with E-state index >= 15 is 0 Å². The van der Waals surface area contributed by atoms with Crippen LogP contribution in [0, 0.1) is 0 Å². The Morgan fingerprint density at radius 3 is 2.69 bits per heavy atom. The normalized spacial score (nSPS) is 14.0. The maximum Gasteiger partial charge on any atom is 0.307 e. The van der Waals surface area contributed by atoms with E-state index in [-0.39, 0.29) is 11.7 Å². The van der Waals surface area contributed by atoms with Gasteiger partial charge >= 0.3 is 5.97 Å². The molecular weight excluding hydrogens is 370 g/mol. The third-order valence-corrected chi connectivity index (χ3v) is 5.96. The Bertz CT molecular complexity index is 969. The first kappa shape index (κ1) is 17.2. The van der Waals surface area contributed by atoms with Crippen molar-refractivity contribution in [3.8, 4) is 0 Å². The van der Waals surface area contributed by atoms with E-state index in [0.29, 0.717) is 0 Å². The van der Waals surface area contributed by atoms with Crippen molar-refractivity contribution < 1.29 is 9.90 Å². The van der Waals surface area contributed by atoms with E-state index in [4.69, 9.17) is 16.7 Å². The van der Waals surface area contributed by atoms with Gasteiger partial charge in [0.05, 0.1) is 11.8 Å². The van der Waals surface area contributed by atoms with Crippen LogP contribution in [-0.2, 0) is 24.1 Å². The average Bonchev–Trinajstić information content (AvgIpc) is 2.78. The summed E-state index contributed by atoms with van der Waals surface area (Å²) in [6.07, 6.45) is 5.82. The standard InChI is InChI=1S/C19H18ClN3O2S/c20-19-22-17(21-12-8-6-11(7-9-12)10-15(24)25)16-13-4-2-1-3-5-14(13)26-18(16)23-19/h6-9H,1-5,10H2,(H,24,25)(H,21,22,23). The first-order valence-electron chi connectivity index (χ1n) is 8.65. The van der Waals surface area contributed by atoms with Crippen LogP contribution in [0.4, 0.5) is 11.5 Å². The molecule has 0 spiro atoms. The Labute approximate surface area is 160 Å². The lowest BCUT2D eigenvalue weighted by molar-refractivity contribution is -0.136.